The van der Waals surface area contributed by atoms with Crippen molar-refractivity contribution in [2.75, 3.05) is 0 Å². The van der Waals surface area contributed by atoms with Gasteiger partial charge in [-0.3, -0.25) is 10.1 Å². The summed E-state index contributed by atoms with van der Waals surface area (Å²) in [6, 6.07) is 0. The largest absolute Gasteiger partial charge is 0.274 e. The number of nitrogens with zero attached hydrogens (tertiary/aromatic N) is 1. The number of hydrogen-bond acceptors (Lipinski definition) is 3. The Hall–Kier alpha value is -0.280. The maximum Gasteiger partial charge on any atom is 0.0470 e. The van der Waals surface area contributed by atoms with E-state index in [1.165, 1.54) is 11.9 Å². The van der Waals surface area contributed by atoms with Gasteiger partial charge in [-0.05, 0) is 20.6 Å². The fraction of sp³-hybridized carbons (Fsp3) is 0.400. The minimum atomic E-state index is 0.900. The Labute approximate surface area is 54.0 Å². The zero-order valence-corrected chi connectivity index (χ0v) is 5.96. The third-order valence-corrected chi connectivity index (χ3v) is 1.57. The van der Waals surface area contributed by atoms with Gasteiger partial charge in [0.2, 0.25) is 0 Å². The highest BCUT2D eigenvalue weighted by molar-refractivity contribution is 8.00. The van der Waals surface area contributed by atoms with Gasteiger partial charge in [0.05, 0.1) is 0 Å². The lowest BCUT2D eigenvalue weighted by Crippen LogP contribution is -1.80. The highest BCUT2D eigenvalue weighted by Crippen LogP contribution is 2.12. The number of rotatable bonds is 2. The fourth-order valence-electron chi connectivity index (χ4n) is 0.197. The predicted octanol–water partition coefficient (Wildman–Crippen LogP) is 1.55. The predicted molar refractivity (Wildman–Crippen MR) is 39.7 cm³/mol. The van der Waals surface area contributed by atoms with Gasteiger partial charge in [-0.25, -0.2) is 0 Å². The van der Waals surface area contributed by atoms with Gasteiger partial charge in [0, 0.05) is 10.6 Å². The Morgan fingerprint density at radius 3 is 2.25 bits per heavy atom. The van der Waals surface area contributed by atoms with Crippen LogP contribution >= 0.6 is 11.9 Å². The number of hydrogen-bond donors (Lipinski definition) is 1. The molecule has 0 aliphatic carbocycles. The highest BCUT2D eigenvalue weighted by atomic mass is 32.2. The molecule has 0 amide bonds. The molecule has 0 spiro atoms. The molecule has 0 radical (unpaired) electrons. The molecule has 0 aliphatic rings. The van der Waals surface area contributed by atoms with E-state index in [0.717, 1.165) is 10.6 Å². The van der Waals surface area contributed by atoms with Gasteiger partial charge in [-0.1, -0.05) is 11.9 Å². The van der Waals surface area contributed by atoms with Crippen LogP contribution in [-0.4, -0.2) is 6.72 Å². The molecule has 8 heavy (non-hydrogen) atoms. The summed E-state index contributed by atoms with van der Waals surface area (Å²) < 4.78 is 0. The van der Waals surface area contributed by atoms with E-state index in [2.05, 4.69) is 11.7 Å². The van der Waals surface area contributed by atoms with Crippen LogP contribution in [-0.2, 0) is 0 Å². The van der Waals surface area contributed by atoms with Crippen LogP contribution in [0.1, 0.15) is 13.8 Å². The van der Waals surface area contributed by atoms with E-state index < -0.39 is 0 Å². The molecule has 0 unspecified atom stereocenters. The summed E-state index contributed by atoms with van der Waals surface area (Å²) >= 11 is 1.20. The molecule has 0 heterocycles. The Morgan fingerprint density at radius 1 is 1.62 bits per heavy atom. The lowest BCUT2D eigenvalue weighted by atomic mass is 10.5. The van der Waals surface area contributed by atoms with Gasteiger partial charge >= 0.3 is 0 Å². The lowest BCUT2D eigenvalue weighted by molar-refractivity contribution is 1.29. The number of aliphatic imine (C=N–C) groups is 1. The molecular weight excluding hydrogens is 120 g/mol. The van der Waals surface area contributed by atoms with E-state index in [4.69, 9.17) is 5.14 Å². The molecule has 0 saturated carbocycles. The van der Waals surface area contributed by atoms with Gasteiger partial charge in [-0.2, -0.15) is 0 Å². The molecule has 0 aromatic rings. The van der Waals surface area contributed by atoms with Gasteiger partial charge in [0.25, 0.3) is 0 Å². The van der Waals surface area contributed by atoms with E-state index >= 15 is 0 Å². The van der Waals surface area contributed by atoms with E-state index in [1.807, 2.05) is 13.8 Å². The van der Waals surface area contributed by atoms with Crippen molar-refractivity contribution in [2.24, 2.45) is 10.1 Å². The topological polar surface area (TPSA) is 38.4 Å². The minimum absolute atomic E-state index is 0.900. The SMILES string of the molecule is C=NC(C)=C(C)SN. The molecule has 0 atom stereocenters. The van der Waals surface area contributed by atoms with Gasteiger partial charge in [-0.15, -0.1) is 0 Å². The number of nitrogens with two attached hydrogens (primary N) is 1. The van der Waals surface area contributed by atoms with Crippen molar-refractivity contribution in [1.29, 1.82) is 0 Å². The van der Waals surface area contributed by atoms with Crippen LogP contribution in [0.4, 0.5) is 0 Å². The smallest absolute Gasteiger partial charge is 0.0470 e. The molecule has 0 aromatic heterocycles. The van der Waals surface area contributed by atoms with Gasteiger partial charge < -0.3 is 0 Å². The average molecular weight is 130 g/mol. The first-order valence-electron chi connectivity index (χ1n) is 2.23. The highest BCUT2D eigenvalue weighted by Gasteiger charge is 1.88. The Balaban J connectivity index is 4.03. The second-order valence-corrected chi connectivity index (χ2v) is 2.27. The van der Waals surface area contributed by atoms with Crippen LogP contribution in [0.15, 0.2) is 15.6 Å². The van der Waals surface area contributed by atoms with E-state index in [0.29, 0.717) is 0 Å². The molecule has 2 N–H and O–H groups in total. The molecule has 0 rings (SSSR count). The Morgan fingerprint density at radius 2 is 2.12 bits per heavy atom. The fourth-order valence-corrected chi connectivity index (χ4v) is 0.432. The zero-order valence-electron chi connectivity index (χ0n) is 5.14. The van der Waals surface area contributed by atoms with Crippen LogP contribution in [0.5, 0.6) is 0 Å². The van der Waals surface area contributed by atoms with E-state index in [-0.39, 0.29) is 0 Å². The van der Waals surface area contributed by atoms with Crippen LogP contribution in [0.2, 0.25) is 0 Å². The second kappa shape index (κ2) is 3.69. The first kappa shape index (κ1) is 7.72. The van der Waals surface area contributed by atoms with Crippen molar-refractivity contribution in [3.63, 3.8) is 0 Å². The van der Waals surface area contributed by atoms with E-state index in [1.54, 1.807) is 0 Å². The summed E-state index contributed by atoms with van der Waals surface area (Å²) in [7, 11) is 0. The first-order chi connectivity index (χ1) is 3.72. The molecule has 2 nitrogen and oxygen atoms in total. The summed E-state index contributed by atoms with van der Waals surface area (Å²) in [6.45, 7) is 7.14. The third kappa shape index (κ3) is 2.14. The molecule has 0 fully saturated rings. The van der Waals surface area contributed by atoms with Crippen LogP contribution in [0, 0.1) is 0 Å². The van der Waals surface area contributed by atoms with Crippen molar-refractivity contribution >= 4 is 18.7 Å². The standard InChI is InChI=1S/C5H10N2S/c1-4(7-3)5(2)8-6/h3,6H2,1-2H3. The normalized spacial score (nSPS) is 12.9. The number of allylic oxidation sites excluding steroid dienone is 2. The maximum atomic E-state index is 5.22. The molecule has 0 bridgehead atoms. The first-order valence-corrected chi connectivity index (χ1v) is 3.11. The minimum Gasteiger partial charge on any atom is -0.274 e. The molecule has 46 valence electrons. The molecular formula is C5H10N2S. The van der Waals surface area contributed by atoms with Crippen molar-refractivity contribution < 1.29 is 0 Å². The summed E-state index contributed by atoms with van der Waals surface area (Å²) in [5, 5.41) is 5.22. The van der Waals surface area contributed by atoms with Gasteiger partial charge in [0.15, 0.2) is 0 Å². The average Bonchev–Trinajstić information content (AvgIpc) is 1.84. The van der Waals surface area contributed by atoms with Crippen LogP contribution in [0.3, 0.4) is 0 Å². The third-order valence-electron chi connectivity index (χ3n) is 0.923. The Bertz CT molecular complexity index is 118. The van der Waals surface area contributed by atoms with Crippen LogP contribution < -0.4 is 5.14 Å². The van der Waals surface area contributed by atoms with Crippen molar-refractivity contribution in [3.8, 4) is 0 Å². The second-order valence-electron chi connectivity index (χ2n) is 1.42. The van der Waals surface area contributed by atoms with Crippen LogP contribution in [0.25, 0.3) is 0 Å². The van der Waals surface area contributed by atoms with Crippen molar-refractivity contribution in [3.05, 3.63) is 10.6 Å². The van der Waals surface area contributed by atoms with Crippen molar-refractivity contribution in [1.82, 2.24) is 0 Å². The summed E-state index contributed by atoms with van der Waals surface area (Å²) in [4.78, 5) is 4.70. The summed E-state index contributed by atoms with van der Waals surface area (Å²) in [6.07, 6.45) is 0. The molecule has 0 aliphatic heterocycles. The Kier molecular flexibility index (Phi) is 3.56. The maximum absolute atomic E-state index is 5.22. The molecule has 3 heteroatoms. The van der Waals surface area contributed by atoms with E-state index in [9.17, 15) is 0 Å². The van der Waals surface area contributed by atoms with Crippen molar-refractivity contribution in [2.45, 2.75) is 13.8 Å². The molecule has 0 saturated heterocycles. The van der Waals surface area contributed by atoms with Gasteiger partial charge in [0.1, 0.15) is 0 Å². The summed E-state index contributed by atoms with van der Waals surface area (Å²) in [5.74, 6) is 0. The quantitative estimate of drug-likeness (QED) is 0.455. The zero-order chi connectivity index (χ0) is 6.57. The summed E-state index contributed by atoms with van der Waals surface area (Å²) in [5.41, 5.74) is 0.900. The monoisotopic (exact) mass is 130 g/mol. The molecule has 0 aromatic carbocycles. The lowest BCUT2D eigenvalue weighted by Gasteiger charge is -1.94.